The summed E-state index contributed by atoms with van der Waals surface area (Å²) in [5.74, 6) is 1.15. The van der Waals surface area contributed by atoms with Gasteiger partial charge in [0.2, 0.25) is 0 Å². The van der Waals surface area contributed by atoms with E-state index in [1.54, 1.807) is 7.11 Å². The molecule has 1 unspecified atom stereocenters. The monoisotopic (exact) mass is 346 g/mol. The minimum atomic E-state index is -0.862. The van der Waals surface area contributed by atoms with Crippen LogP contribution in [0.4, 0.5) is 0 Å². The van der Waals surface area contributed by atoms with Crippen LogP contribution in [0, 0.1) is 6.92 Å². The maximum atomic E-state index is 10.6. The molecule has 21 heavy (non-hydrogen) atoms. The SMILES string of the molecule is COc1ccc(C)cc1C(O)c1cc2cccc(Br)c2o1. The molecule has 3 nitrogen and oxygen atoms in total. The Labute approximate surface area is 131 Å². The van der Waals surface area contributed by atoms with Gasteiger partial charge in [0.05, 0.1) is 11.6 Å². The van der Waals surface area contributed by atoms with Crippen LogP contribution in [0.25, 0.3) is 11.0 Å². The van der Waals surface area contributed by atoms with Crippen molar-refractivity contribution < 1.29 is 14.3 Å². The highest BCUT2D eigenvalue weighted by atomic mass is 79.9. The Kier molecular flexibility index (Phi) is 3.74. The first-order valence-corrected chi connectivity index (χ1v) is 7.40. The molecule has 0 aliphatic heterocycles. The highest BCUT2D eigenvalue weighted by Gasteiger charge is 2.20. The van der Waals surface area contributed by atoms with E-state index in [-0.39, 0.29) is 0 Å². The predicted molar refractivity (Wildman–Crippen MR) is 85.7 cm³/mol. The van der Waals surface area contributed by atoms with E-state index in [0.29, 0.717) is 17.1 Å². The minimum Gasteiger partial charge on any atom is -0.496 e. The van der Waals surface area contributed by atoms with Crippen molar-refractivity contribution in [3.8, 4) is 5.75 Å². The van der Waals surface area contributed by atoms with E-state index >= 15 is 0 Å². The normalized spacial score (nSPS) is 12.6. The molecule has 0 aliphatic rings. The average Bonchev–Trinajstić information content (AvgIpc) is 2.92. The van der Waals surface area contributed by atoms with Crippen LogP contribution in [-0.2, 0) is 0 Å². The Balaban J connectivity index is 2.10. The molecule has 0 spiro atoms. The smallest absolute Gasteiger partial charge is 0.148 e. The first-order chi connectivity index (χ1) is 10.1. The quantitative estimate of drug-likeness (QED) is 0.753. The number of hydrogen-bond acceptors (Lipinski definition) is 3. The third-order valence-corrected chi connectivity index (χ3v) is 4.09. The van der Waals surface area contributed by atoms with Gasteiger partial charge in [0.15, 0.2) is 0 Å². The maximum Gasteiger partial charge on any atom is 0.148 e. The second-order valence-corrected chi connectivity index (χ2v) is 5.81. The summed E-state index contributed by atoms with van der Waals surface area (Å²) in [5.41, 5.74) is 2.49. The van der Waals surface area contributed by atoms with Crippen LogP contribution in [0.3, 0.4) is 0 Å². The summed E-state index contributed by atoms with van der Waals surface area (Å²) in [7, 11) is 1.59. The van der Waals surface area contributed by atoms with E-state index in [9.17, 15) is 5.11 Å². The first-order valence-electron chi connectivity index (χ1n) is 6.60. The second kappa shape index (κ2) is 5.54. The summed E-state index contributed by atoms with van der Waals surface area (Å²) >= 11 is 3.46. The number of hydrogen-bond donors (Lipinski definition) is 1. The third kappa shape index (κ3) is 2.57. The van der Waals surface area contributed by atoms with Crippen LogP contribution in [-0.4, -0.2) is 12.2 Å². The largest absolute Gasteiger partial charge is 0.496 e. The van der Waals surface area contributed by atoms with Gasteiger partial charge in [-0.1, -0.05) is 23.8 Å². The number of benzene rings is 2. The van der Waals surface area contributed by atoms with Gasteiger partial charge in [-0.15, -0.1) is 0 Å². The molecular formula is C17H15BrO3. The molecule has 0 saturated heterocycles. The number of aliphatic hydroxyl groups excluding tert-OH is 1. The molecule has 1 N–H and O–H groups in total. The zero-order chi connectivity index (χ0) is 15.0. The van der Waals surface area contributed by atoms with E-state index in [2.05, 4.69) is 15.9 Å². The van der Waals surface area contributed by atoms with Crippen LogP contribution in [0.5, 0.6) is 5.75 Å². The molecule has 3 aromatic rings. The van der Waals surface area contributed by atoms with E-state index in [0.717, 1.165) is 21.0 Å². The van der Waals surface area contributed by atoms with Crippen molar-refractivity contribution in [1.29, 1.82) is 0 Å². The van der Waals surface area contributed by atoms with Gasteiger partial charge in [-0.05, 0) is 47.1 Å². The molecule has 3 rings (SSSR count). The summed E-state index contributed by atoms with van der Waals surface area (Å²) in [5, 5.41) is 11.6. The van der Waals surface area contributed by atoms with Crippen molar-refractivity contribution in [3.05, 3.63) is 63.8 Å². The molecule has 0 amide bonds. The Morgan fingerprint density at radius 3 is 2.71 bits per heavy atom. The van der Waals surface area contributed by atoms with E-state index in [1.807, 2.05) is 49.4 Å². The van der Waals surface area contributed by atoms with E-state index in [1.165, 1.54) is 0 Å². The number of methoxy groups -OCH3 is 1. The molecule has 0 saturated carbocycles. The Morgan fingerprint density at radius 1 is 1.19 bits per heavy atom. The van der Waals surface area contributed by atoms with Crippen LogP contribution in [0.15, 0.2) is 51.4 Å². The molecular weight excluding hydrogens is 332 g/mol. The van der Waals surface area contributed by atoms with Gasteiger partial charge < -0.3 is 14.3 Å². The lowest BCUT2D eigenvalue weighted by Gasteiger charge is -2.13. The van der Waals surface area contributed by atoms with E-state index in [4.69, 9.17) is 9.15 Å². The molecule has 0 radical (unpaired) electrons. The number of halogens is 1. The van der Waals surface area contributed by atoms with Gasteiger partial charge in [0, 0.05) is 10.9 Å². The summed E-state index contributed by atoms with van der Waals surface area (Å²) in [6.45, 7) is 1.98. The molecule has 0 fully saturated rings. The zero-order valence-electron chi connectivity index (χ0n) is 11.8. The van der Waals surface area contributed by atoms with Crippen molar-refractivity contribution in [3.63, 3.8) is 0 Å². The van der Waals surface area contributed by atoms with Crippen LogP contribution >= 0.6 is 15.9 Å². The van der Waals surface area contributed by atoms with Gasteiger partial charge >= 0.3 is 0 Å². The van der Waals surface area contributed by atoms with Crippen molar-refractivity contribution in [1.82, 2.24) is 0 Å². The molecule has 1 aromatic heterocycles. The fraction of sp³-hybridized carbons (Fsp3) is 0.176. The standard InChI is InChI=1S/C17H15BrO3/c1-10-6-7-14(20-2)12(8-10)16(19)15-9-11-4-3-5-13(18)17(11)21-15/h3-9,16,19H,1-2H3. The number of furan rings is 1. The van der Waals surface area contributed by atoms with E-state index < -0.39 is 6.10 Å². The maximum absolute atomic E-state index is 10.6. The second-order valence-electron chi connectivity index (χ2n) is 4.95. The third-order valence-electron chi connectivity index (χ3n) is 3.46. The lowest BCUT2D eigenvalue weighted by atomic mass is 10.0. The number of rotatable bonds is 3. The zero-order valence-corrected chi connectivity index (χ0v) is 13.3. The van der Waals surface area contributed by atoms with Crippen molar-refractivity contribution in [2.45, 2.75) is 13.0 Å². The predicted octanol–water partition coefficient (Wildman–Crippen LogP) is 4.59. The molecule has 1 atom stereocenters. The fourth-order valence-electron chi connectivity index (χ4n) is 2.40. The lowest BCUT2D eigenvalue weighted by molar-refractivity contribution is 0.187. The summed E-state index contributed by atoms with van der Waals surface area (Å²) in [4.78, 5) is 0. The number of para-hydroxylation sites is 1. The van der Waals surface area contributed by atoms with Crippen molar-refractivity contribution in [2.75, 3.05) is 7.11 Å². The Morgan fingerprint density at radius 2 is 2.00 bits per heavy atom. The topological polar surface area (TPSA) is 42.6 Å². The fourth-order valence-corrected chi connectivity index (χ4v) is 2.87. The first kappa shape index (κ1) is 14.2. The number of aryl methyl sites for hydroxylation is 1. The van der Waals surface area contributed by atoms with Crippen LogP contribution in [0.1, 0.15) is 23.0 Å². The number of fused-ring (bicyclic) bond motifs is 1. The highest BCUT2D eigenvalue weighted by Crippen LogP contribution is 2.35. The molecule has 1 heterocycles. The summed E-state index contributed by atoms with van der Waals surface area (Å²) < 4.78 is 12.0. The van der Waals surface area contributed by atoms with Gasteiger partial charge in [0.1, 0.15) is 23.2 Å². The number of ether oxygens (including phenoxy) is 1. The van der Waals surface area contributed by atoms with Crippen LogP contribution in [0.2, 0.25) is 0 Å². The lowest BCUT2D eigenvalue weighted by Crippen LogP contribution is -2.01. The van der Waals surface area contributed by atoms with Gasteiger partial charge in [0.25, 0.3) is 0 Å². The number of aliphatic hydroxyl groups is 1. The molecule has 0 aliphatic carbocycles. The molecule has 0 bridgehead atoms. The van der Waals surface area contributed by atoms with Gasteiger partial charge in [-0.3, -0.25) is 0 Å². The van der Waals surface area contributed by atoms with Crippen molar-refractivity contribution in [2.24, 2.45) is 0 Å². The molecule has 2 aromatic carbocycles. The average molecular weight is 347 g/mol. The van der Waals surface area contributed by atoms with Crippen LogP contribution < -0.4 is 4.74 Å². The summed E-state index contributed by atoms with van der Waals surface area (Å²) in [6, 6.07) is 13.4. The van der Waals surface area contributed by atoms with Gasteiger partial charge in [-0.2, -0.15) is 0 Å². The summed E-state index contributed by atoms with van der Waals surface area (Å²) in [6.07, 6.45) is -0.862. The van der Waals surface area contributed by atoms with Crippen molar-refractivity contribution >= 4 is 26.9 Å². The molecule has 4 heteroatoms. The minimum absolute atomic E-state index is 0.501. The highest BCUT2D eigenvalue weighted by molar-refractivity contribution is 9.10. The Bertz CT molecular complexity index is 792. The molecule has 108 valence electrons. The van der Waals surface area contributed by atoms with Gasteiger partial charge in [-0.25, -0.2) is 0 Å². The Hall–Kier alpha value is -1.78.